The molecule has 74 valence electrons. The Bertz CT molecular complexity index is 253. The van der Waals surface area contributed by atoms with Crippen LogP contribution in [0, 0.1) is 6.92 Å². The third-order valence-electron chi connectivity index (χ3n) is 2.09. The van der Waals surface area contributed by atoms with Crippen LogP contribution >= 0.6 is 0 Å². The van der Waals surface area contributed by atoms with E-state index >= 15 is 0 Å². The molecule has 1 N–H and O–H groups in total. The molecule has 0 saturated carbocycles. The molecule has 0 spiro atoms. The maximum absolute atomic E-state index is 4.26. The van der Waals surface area contributed by atoms with Gasteiger partial charge in [-0.3, -0.25) is 4.68 Å². The summed E-state index contributed by atoms with van der Waals surface area (Å²) in [4.78, 5) is 0. The summed E-state index contributed by atoms with van der Waals surface area (Å²) >= 11 is 0. The Labute approximate surface area is 80.1 Å². The van der Waals surface area contributed by atoms with Crippen molar-refractivity contribution >= 4 is 5.82 Å². The van der Waals surface area contributed by atoms with Crippen LogP contribution in [0.15, 0.2) is 6.07 Å². The molecule has 0 fully saturated rings. The monoisotopic (exact) mass is 181 g/mol. The lowest BCUT2D eigenvalue weighted by atomic mass is 10.2. The molecular weight excluding hydrogens is 162 g/mol. The van der Waals surface area contributed by atoms with Gasteiger partial charge in [-0.1, -0.05) is 19.8 Å². The number of rotatable bonds is 5. The van der Waals surface area contributed by atoms with Crippen LogP contribution in [0.1, 0.15) is 31.9 Å². The maximum Gasteiger partial charge on any atom is 0.124 e. The first-order valence-electron chi connectivity index (χ1n) is 4.98. The van der Waals surface area contributed by atoms with Crippen molar-refractivity contribution < 1.29 is 0 Å². The van der Waals surface area contributed by atoms with Crippen molar-refractivity contribution in [2.24, 2.45) is 7.05 Å². The van der Waals surface area contributed by atoms with Crippen molar-refractivity contribution in [3.8, 4) is 0 Å². The highest BCUT2D eigenvalue weighted by atomic mass is 15.3. The first-order chi connectivity index (χ1) is 6.24. The van der Waals surface area contributed by atoms with Crippen molar-refractivity contribution in [1.82, 2.24) is 9.78 Å². The molecule has 0 atom stereocenters. The lowest BCUT2D eigenvalue weighted by Gasteiger charge is -2.04. The van der Waals surface area contributed by atoms with Gasteiger partial charge in [0.1, 0.15) is 5.82 Å². The standard InChI is InChI=1S/C10H19N3/c1-4-5-6-7-11-10-8-9(2)12-13(10)3/h8,11H,4-7H2,1-3H3. The Morgan fingerprint density at radius 2 is 2.23 bits per heavy atom. The van der Waals surface area contributed by atoms with E-state index in [0.717, 1.165) is 18.1 Å². The molecule has 0 unspecified atom stereocenters. The average Bonchev–Trinajstić information content (AvgIpc) is 2.39. The van der Waals surface area contributed by atoms with Gasteiger partial charge in [0.25, 0.3) is 0 Å². The van der Waals surface area contributed by atoms with E-state index in [1.807, 2.05) is 18.7 Å². The van der Waals surface area contributed by atoms with E-state index in [1.165, 1.54) is 19.3 Å². The minimum absolute atomic E-state index is 1.05. The zero-order chi connectivity index (χ0) is 9.68. The fourth-order valence-corrected chi connectivity index (χ4v) is 1.37. The van der Waals surface area contributed by atoms with Crippen molar-refractivity contribution in [2.75, 3.05) is 11.9 Å². The number of anilines is 1. The molecule has 0 aromatic carbocycles. The Hall–Kier alpha value is -0.990. The first kappa shape index (κ1) is 10.1. The lowest BCUT2D eigenvalue weighted by molar-refractivity contribution is 0.723. The molecule has 0 aliphatic rings. The predicted octanol–water partition coefficient (Wildman–Crippen LogP) is 2.33. The van der Waals surface area contributed by atoms with Crippen molar-refractivity contribution in [3.05, 3.63) is 11.8 Å². The van der Waals surface area contributed by atoms with Gasteiger partial charge in [0, 0.05) is 19.7 Å². The second kappa shape index (κ2) is 4.90. The number of aromatic nitrogens is 2. The third kappa shape index (κ3) is 3.09. The van der Waals surface area contributed by atoms with Crippen molar-refractivity contribution in [2.45, 2.75) is 33.1 Å². The smallest absolute Gasteiger partial charge is 0.124 e. The predicted molar refractivity (Wildman–Crippen MR) is 56.0 cm³/mol. The highest BCUT2D eigenvalue weighted by Crippen LogP contribution is 2.07. The highest BCUT2D eigenvalue weighted by Gasteiger charge is 1.99. The van der Waals surface area contributed by atoms with Gasteiger partial charge in [0.15, 0.2) is 0 Å². The topological polar surface area (TPSA) is 29.9 Å². The summed E-state index contributed by atoms with van der Waals surface area (Å²) in [5.74, 6) is 1.12. The Morgan fingerprint density at radius 1 is 1.46 bits per heavy atom. The lowest BCUT2D eigenvalue weighted by Crippen LogP contribution is -2.05. The number of aryl methyl sites for hydroxylation is 2. The van der Waals surface area contributed by atoms with Gasteiger partial charge in [0.2, 0.25) is 0 Å². The minimum Gasteiger partial charge on any atom is -0.370 e. The zero-order valence-electron chi connectivity index (χ0n) is 8.80. The Kier molecular flexibility index (Phi) is 3.80. The van der Waals surface area contributed by atoms with Gasteiger partial charge in [-0.15, -0.1) is 0 Å². The molecule has 3 heteroatoms. The molecule has 0 saturated heterocycles. The van der Waals surface area contributed by atoms with Gasteiger partial charge in [-0.05, 0) is 13.3 Å². The summed E-state index contributed by atoms with van der Waals surface area (Å²) < 4.78 is 1.89. The second-order valence-electron chi connectivity index (χ2n) is 3.43. The van der Waals surface area contributed by atoms with Crippen LogP contribution < -0.4 is 5.32 Å². The van der Waals surface area contributed by atoms with Crippen LogP contribution in [0.4, 0.5) is 5.82 Å². The number of nitrogens with one attached hydrogen (secondary N) is 1. The van der Waals surface area contributed by atoms with Crippen LogP contribution in [0.3, 0.4) is 0 Å². The van der Waals surface area contributed by atoms with E-state index in [-0.39, 0.29) is 0 Å². The first-order valence-corrected chi connectivity index (χ1v) is 4.98. The van der Waals surface area contributed by atoms with Crippen molar-refractivity contribution in [1.29, 1.82) is 0 Å². The summed E-state index contributed by atoms with van der Waals surface area (Å²) in [6.45, 7) is 5.28. The van der Waals surface area contributed by atoms with E-state index < -0.39 is 0 Å². The molecule has 1 rings (SSSR count). The van der Waals surface area contributed by atoms with Gasteiger partial charge in [-0.25, -0.2) is 0 Å². The van der Waals surface area contributed by atoms with E-state index in [1.54, 1.807) is 0 Å². The van der Waals surface area contributed by atoms with Gasteiger partial charge in [-0.2, -0.15) is 5.10 Å². The summed E-state index contributed by atoms with van der Waals surface area (Å²) in [7, 11) is 1.97. The average molecular weight is 181 g/mol. The third-order valence-corrected chi connectivity index (χ3v) is 2.09. The normalized spacial score (nSPS) is 10.4. The number of hydrogen-bond acceptors (Lipinski definition) is 2. The van der Waals surface area contributed by atoms with Crippen LogP contribution in [-0.2, 0) is 7.05 Å². The van der Waals surface area contributed by atoms with Crippen LogP contribution in [0.5, 0.6) is 0 Å². The van der Waals surface area contributed by atoms with E-state index in [2.05, 4.69) is 23.4 Å². The van der Waals surface area contributed by atoms with Crippen LogP contribution in [-0.4, -0.2) is 16.3 Å². The fraction of sp³-hybridized carbons (Fsp3) is 0.700. The van der Waals surface area contributed by atoms with Gasteiger partial charge < -0.3 is 5.32 Å². The minimum atomic E-state index is 1.05. The Balaban J connectivity index is 2.32. The molecule has 0 amide bonds. The quantitative estimate of drug-likeness (QED) is 0.706. The largest absolute Gasteiger partial charge is 0.370 e. The SMILES string of the molecule is CCCCCNc1cc(C)nn1C. The molecule has 1 aromatic heterocycles. The zero-order valence-corrected chi connectivity index (χ0v) is 8.80. The van der Waals surface area contributed by atoms with E-state index in [9.17, 15) is 0 Å². The Morgan fingerprint density at radius 3 is 2.77 bits per heavy atom. The van der Waals surface area contributed by atoms with Crippen LogP contribution in [0.25, 0.3) is 0 Å². The molecule has 13 heavy (non-hydrogen) atoms. The summed E-state index contributed by atoms with van der Waals surface area (Å²) in [5.41, 5.74) is 1.07. The summed E-state index contributed by atoms with van der Waals surface area (Å²) in [6, 6.07) is 2.08. The molecule has 0 bridgehead atoms. The molecule has 0 aliphatic heterocycles. The van der Waals surface area contributed by atoms with Crippen LogP contribution in [0.2, 0.25) is 0 Å². The number of unbranched alkanes of at least 4 members (excludes halogenated alkanes) is 2. The summed E-state index contributed by atoms with van der Waals surface area (Å²) in [5, 5.41) is 7.63. The molecule has 3 nitrogen and oxygen atoms in total. The highest BCUT2D eigenvalue weighted by molar-refractivity contribution is 5.36. The molecular formula is C10H19N3. The number of nitrogens with zero attached hydrogens (tertiary/aromatic N) is 2. The van der Waals surface area contributed by atoms with E-state index in [4.69, 9.17) is 0 Å². The molecule has 1 aromatic rings. The number of hydrogen-bond donors (Lipinski definition) is 1. The molecule has 1 heterocycles. The molecule has 0 radical (unpaired) electrons. The molecule has 0 aliphatic carbocycles. The second-order valence-corrected chi connectivity index (χ2v) is 3.43. The van der Waals surface area contributed by atoms with Gasteiger partial charge in [0.05, 0.1) is 5.69 Å². The van der Waals surface area contributed by atoms with Gasteiger partial charge >= 0.3 is 0 Å². The van der Waals surface area contributed by atoms with Crippen molar-refractivity contribution in [3.63, 3.8) is 0 Å². The summed E-state index contributed by atoms with van der Waals surface area (Å²) in [6.07, 6.45) is 3.80. The fourth-order valence-electron chi connectivity index (χ4n) is 1.37. The van der Waals surface area contributed by atoms with E-state index in [0.29, 0.717) is 0 Å². The maximum atomic E-state index is 4.26.